The molecule has 154 valence electrons. The van der Waals surface area contributed by atoms with Crippen LogP contribution in [0.2, 0.25) is 0 Å². The van der Waals surface area contributed by atoms with Crippen molar-refractivity contribution in [2.24, 2.45) is 5.92 Å². The number of likely N-dealkylation sites (tertiary alicyclic amines) is 2. The van der Waals surface area contributed by atoms with Gasteiger partial charge >= 0.3 is 6.18 Å². The number of hydrogen-bond donors (Lipinski definition) is 0. The number of aromatic nitrogens is 1. The largest absolute Gasteiger partial charge is 0.389 e. The van der Waals surface area contributed by atoms with Crippen LogP contribution in [0.1, 0.15) is 49.3 Å². The number of carbonyl (C=O) groups excluding carboxylic acids is 1. The fraction of sp³-hybridized carbons (Fsp3) is 0.700. The number of pyridine rings is 1. The van der Waals surface area contributed by atoms with E-state index in [1.807, 2.05) is 16.7 Å². The molecule has 0 unspecified atom stereocenters. The first kappa shape index (κ1) is 19.5. The van der Waals surface area contributed by atoms with Gasteiger partial charge in [-0.05, 0) is 44.3 Å². The van der Waals surface area contributed by atoms with Crippen molar-refractivity contribution < 1.29 is 18.0 Å². The van der Waals surface area contributed by atoms with E-state index in [-0.39, 0.29) is 17.4 Å². The van der Waals surface area contributed by atoms with E-state index >= 15 is 0 Å². The molecule has 0 spiro atoms. The number of rotatable bonds is 4. The molecule has 0 aromatic carbocycles. The van der Waals surface area contributed by atoms with Crippen LogP contribution in [0.25, 0.3) is 0 Å². The van der Waals surface area contributed by atoms with Crippen LogP contribution in [-0.2, 0) is 17.9 Å². The summed E-state index contributed by atoms with van der Waals surface area (Å²) in [6.07, 6.45) is -2.65. The maximum absolute atomic E-state index is 13.0. The van der Waals surface area contributed by atoms with Crippen LogP contribution in [0.3, 0.4) is 0 Å². The molecule has 8 heteroatoms. The van der Waals surface area contributed by atoms with Crippen molar-refractivity contribution in [2.75, 3.05) is 26.2 Å². The van der Waals surface area contributed by atoms with E-state index in [9.17, 15) is 22.8 Å². The first-order chi connectivity index (χ1) is 13.3. The summed E-state index contributed by atoms with van der Waals surface area (Å²) in [5.41, 5.74) is 1.78. The van der Waals surface area contributed by atoms with Gasteiger partial charge in [-0.2, -0.15) is 13.2 Å². The van der Waals surface area contributed by atoms with Gasteiger partial charge in [-0.3, -0.25) is 14.5 Å². The molecule has 1 aromatic rings. The number of amides is 1. The Morgan fingerprint density at radius 3 is 2.57 bits per heavy atom. The highest BCUT2D eigenvalue weighted by Gasteiger charge is 2.37. The summed E-state index contributed by atoms with van der Waals surface area (Å²) in [7, 11) is 0. The second kappa shape index (κ2) is 7.54. The van der Waals surface area contributed by atoms with E-state index in [2.05, 4.69) is 4.90 Å². The molecule has 2 atom stereocenters. The van der Waals surface area contributed by atoms with Crippen molar-refractivity contribution in [3.63, 3.8) is 0 Å². The number of alkyl halides is 3. The van der Waals surface area contributed by atoms with Gasteiger partial charge in [0.2, 0.25) is 5.91 Å². The summed E-state index contributed by atoms with van der Waals surface area (Å²) >= 11 is 0. The van der Waals surface area contributed by atoms with Gasteiger partial charge in [-0.25, -0.2) is 0 Å². The zero-order valence-corrected chi connectivity index (χ0v) is 15.9. The maximum atomic E-state index is 13.0. The summed E-state index contributed by atoms with van der Waals surface area (Å²) in [6, 6.07) is 3.88. The second-order valence-corrected chi connectivity index (χ2v) is 8.40. The van der Waals surface area contributed by atoms with E-state index in [0.717, 1.165) is 30.8 Å². The van der Waals surface area contributed by atoms with Gasteiger partial charge in [0, 0.05) is 49.8 Å². The van der Waals surface area contributed by atoms with Crippen LogP contribution in [0.15, 0.2) is 16.9 Å². The molecule has 5 nitrogen and oxygen atoms in total. The van der Waals surface area contributed by atoms with Crippen LogP contribution in [0.4, 0.5) is 13.2 Å². The molecule has 4 rings (SSSR count). The van der Waals surface area contributed by atoms with Gasteiger partial charge in [0.05, 0.1) is 6.42 Å². The standard InChI is InChI=1S/C20H26F3N3O2/c21-20(22,23)6-5-18(27)25-10-14-9-16(13-25)17-4-3-15(19(28)26(17)11-14)12-24-7-1-2-8-24/h3-4,14,16H,1-2,5-13H2/t14-,16+/m0/s1. The predicted molar refractivity (Wildman–Crippen MR) is 97.9 cm³/mol. The Balaban J connectivity index is 1.48. The Hall–Kier alpha value is -1.83. The van der Waals surface area contributed by atoms with Crippen LogP contribution in [-0.4, -0.2) is 52.6 Å². The zero-order chi connectivity index (χ0) is 19.9. The minimum Gasteiger partial charge on any atom is -0.342 e. The van der Waals surface area contributed by atoms with Crippen molar-refractivity contribution in [3.05, 3.63) is 33.7 Å². The molecular formula is C20H26F3N3O2. The average molecular weight is 397 g/mol. The Morgan fingerprint density at radius 2 is 1.86 bits per heavy atom. The van der Waals surface area contributed by atoms with Gasteiger partial charge in [0.1, 0.15) is 0 Å². The summed E-state index contributed by atoms with van der Waals surface area (Å²) in [5.74, 6) is -0.287. The third-order valence-electron chi connectivity index (χ3n) is 6.25. The molecule has 2 bridgehead atoms. The molecule has 3 aliphatic heterocycles. The van der Waals surface area contributed by atoms with E-state index in [4.69, 9.17) is 0 Å². The SMILES string of the molecule is O=C(CCC(F)(F)F)N1C[C@@H]2C[C@H](C1)c1ccc(CN3CCCC3)c(=O)n1C2. The number of nitrogens with zero attached hydrogens (tertiary/aromatic N) is 3. The van der Waals surface area contributed by atoms with Crippen LogP contribution in [0.5, 0.6) is 0 Å². The van der Waals surface area contributed by atoms with E-state index in [0.29, 0.717) is 26.2 Å². The number of piperidine rings is 1. The van der Waals surface area contributed by atoms with Crippen molar-refractivity contribution in [3.8, 4) is 0 Å². The van der Waals surface area contributed by atoms with Gasteiger partial charge in [0.25, 0.3) is 5.56 Å². The lowest BCUT2D eigenvalue weighted by Crippen LogP contribution is -2.49. The molecule has 3 aliphatic rings. The van der Waals surface area contributed by atoms with E-state index < -0.39 is 24.9 Å². The first-order valence-corrected chi connectivity index (χ1v) is 10.1. The summed E-state index contributed by atoms with van der Waals surface area (Å²) in [6.45, 7) is 4.12. The fourth-order valence-electron chi connectivity index (χ4n) is 4.90. The topological polar surface area (TPSA) is 45.6 Å². The molecule has 2 saturated heterocycles. The monoisotopic (exact) mass is 397 g/mol. The minimum absolute atomic E-state index is 0.0240. The Bertz CT molecular complexity index is 799. The molecule has 0 aliphatic carbocycles. The molecule has 2 fully saturated rings. The first-order valence-electron chi connectivity index (χ1n) is 10.1. The van der Waals surface area contributed by atoms with Gasteiger partial charge in [-0.1, -0.05) is 6.07 Å². The van der Waals surface area contributed by atoms with Gasteiger partial charge in [0.15, 0.2) is 0 Å². The molecule has 28 heavy (non-hydrogen) atoms. The molecule has 4 heterocycles. The predicted octanol–water partition coefficient (Wildman–Crippen LogP) is 2.73. The molecule has 1 amide bonds. The zero-order valence-electron chi connectivity index (χ0n) is 15.9. The second-order valence-electron chi connectivity index (χ2n) is 8.40. The Labute approximate surface area is 162 Å². The minimum atomic E-state index is -4.31. The maximum Gasteiger partial charge on any atom is 0.389 e. The summed E-state index contributed by atoms with van der Waals surface area (Å²) in [4.78, 5) is 29.1. The number of halogens is 3. The highest BCUT2D eigenvalue weighted by Crippen LogP contribution is 2.36. The molecule has 0 N–H and O–H groups in total. The van der Waals surface area contributed by atoms with Crippen LogP contribution >= 0.6 is 0 Å². The van der Waals surface area contributed by atoms with E-state index in [1.165, 1.54) is 12.8 Å². The van der Waals surface area contributed by atoms with Crippen molar-refractivity contribution in [1.82, 2.24) is 14.4 Å². The Morgan fingerprint density at radius 1 is 1.11 bits per heavy atom. The smallest absolute Gasteiger partial charge is 0.342 e. The summed E-state index contributed by atoms with van der Waals surface area (Å²) < 4.78 is 39.1. The highest BCUT2D eigenvalue weighted by atomic mass is 19.4. The molecular weight excluding hydrogens is 371 g/mol. The average Bonchev–Trinajstić information content (AvgIpc) is 3.15. The van der Waals surface area contributed by atoms with Gasteiger partial charge < -0.3 is 9.47 Å². The highest BCUT2D eigenvalue weighted by molar-refractivity contribution is 5.76. The quantitative estimate of drug-likeness (QED) is 0.785. The molecule has 0 radical (unpaired) electrons. The summed E-state index contributed by atoms with van der Waals surface area (Å²) in [5, 5.41) is 0. The normalized spacial score (nSPS) is 25.0. The number of carbonyl (C=O) groups is 1. The molecule has 1 aromatic heterocycles. The third kappa shape index (κ3) is 4.11. The Kier molecular flexibility index (Phi) is 5.24. The van der Waals surface area contributed by atoms with Crippen molar-refractivity contribution >= 4 is 5.91 Å². The third-order valence-corrected chi connectivity index (χ3v) is 6.25. The fourth-order valence-corrected chi connectivity index (χ4v) is 4.90. The van der Waals surface area contributed by atoms with Crippen LogP contribution < -0.4 is 5.56 Å². The van der Waals surface area contributed by atoms with Crippen LogP contribution in [0, 0.1) is 5.92 Å². The lowest BCUT2D eigenvalue weighted by molar-refractivity contribution is -0.150. The van der Waals surface area contributed by atoms with E-state index in [1.54, 1.807) is 4.90 Å². The lowest BCUT2D eigenvalue weighted by Gasteiger charge is -2.43. The lowest BCUT2D eigenvalue weighted by atomic mass is 9.82. The number of hydrogen-bond acceptors (Lipinski definition) is 3. The van der Waals surface area contributed by atoms with Crippen molar-refractivity contribution in [1.29, 1.82) is 0 Å². The molecule has 0 saturated carbocycles. The van der Waals surface area contributed by atoms with Crippen molar-refractivity contribution in [2.45, 2.75) is 57.3 Å². The number of fused-ring (bicyclic) bond motifs is 4. The van der Waals surface area contributed by atoms with Gasteiger partial charge in [-0.15, -0.1) is 0 Å².